The molecule has 0 atom stereocenters. The third-order valence-corrected chi connectivity index (χ3v) is 4.39. The Labute approximate surface area is 174 Å². The van der Waals surface area contributed by atoms with Crippen LogP contribution in [0.3, 0.4) is 0 Å². The van der Waals surface area contributed by atoms with Gasteiger partial charge in [-0.05, 0) is 46.1 Å². The van der Waals surface area contributed by atoms with Crippen LogP contribution in [-0.2, 0) is 14.2 Å². The van der Waals surface area contributed by atoms with Crippen LogP contribution in [0.4, 0.5) is 0 Å². The van der Waals surface area contributed by atoms with Crippen molar-refractivity contribution in [2.75, 3.05) is 6.61 Å². The molecule has 7 nitrogen and oxygen atoms in total. The molecule has 0 N–H and O–H groups in total. The van der Waals surface area contributed by atoms with Crippen LogP contribution in [0.2, 0.25) is 0 Å². The summed E-state index contributed by atoms with van der Waals surface area (Å²) in [5, 5.41) is 1.55. The first kappa shape index (κ1) is 21.4. The maximum absolute atomic E-state index is 13.1. The van der Waals surface area contributed by atoms with Crippen molar-refractivity contribution in [2.24, 2.45) is 0 Å². The number of pyridine rings is 1. The number of ether oxygens (including phenoxy) is 3. The van der Waals surface area contributed by atoms with Gasteiger partial charge in [-0.2, -0.15) is 0 Å². The molecule has 0 saturated heterocycles. The van der Waals surface area contributed by atoms with Gasteiger partial charge in [0.2, 0.25) is 0 Å². The maximum atomic E-state index is 13.1. The van der Waals surface area contributed by atoms with Gasteiger partial charge in [-0.15, -0.1) is 0 Å². The van der Waals surface area contributed by atoms with E-state index < -0.39 is 30.1 Å². The molecule has 0 fully saturated rings. The minimum Gasteiger partial charge on any atom is -0.461 e. The van der Waals surface area contributed by atoms with Crippen molar-refractivity contribution in [1.82, 2.24) is 4.40 Å². The number of fused-ring (bicyclic) bond motifs is 3. The third kappa shape index (κ3) is 3.87. The zero-order chi connectivity index (χ0) is 22.0. The molecule has 7 heteroatoms. The lowest BCUT2D eigenvalue weighted by Crippen LogP contribution is -2.20. The summed E-state index contributed by atoms with van der Waals surface area (Å²) in [6.45, 7) is 8.60. The number of nitrogens with zero attached hydrogens (tertiary/aromatic N) is 1. The van der Waals surface area contributed by atoms with Crippen molar-refractivity contribution in [3.05, 3.63) is 53.3 Å². The van der Waals surface area contributed by atoms with Crippen molar-refractivity contribution in [3.8, 4) is 0 Å². The standard InChI is InChI=1S/C23H25NO6/c1-6-28-23(27)20-18(22(26)30-14(4)5)17(21(25)29-13(2)3)19-16-10-8-7-9-15(16)11-12-24(19)20/h7-14H,6H2,1-5H3. The van der Waals surface area contributed by atoms with E-state index >= 15 is 0 Å². The Hall–Kier alpha value is -3.35. The monoisotopic (exact) mass is 411 g/mol. The van der Waals surface area contributed by atoms with Gasteiger partial charge in [0.15, 0.2) is 0 Å². The normalized spacial score (nSPS) is 11.3. The highest BCUT2D eigenvalue weighted by atomic mass is 16.6. The Morgan fingerprint density at radius 2 is 1.47 bits per heavy atom. The molecule has 0 amide bonds. The van der Waals surface area contributed by atoms with Gasteiger partial charge in [0.25, 0.3) is 0 Å². The van der Waals surface area contributed by atoms with E-state index in [1.54, 1.807) is 46.9 Å². The van der Waals surface area contributed by atoms with E-state index in [0.717, 1.165) is 5.39 Å². The Kier molecular flexibility index (Phi) is 6.10. The number of aromatic nitrogens is 1. The Bertz CT molecular complexity index is 1130. The van der Waals surface area contributed by atoms with Gasteiger partial charge in [0.1, 0.15) is 16.8 Å². The van der Waals surface area contributed by atoms with Gasteiger partial charge in [0.05, 0.1) is 24.3 Å². The van der Waals surface area contributed by atoms with Gasteiger partial charge < -0.3 is 18.6 Å². The predicted octanol–water partition coefficient (Wildman–Crippen LogP) is 4.40. The Morgan fingerprint density at radius 1 is 0.867 bits per heavy atom. The van der Waals surface area contributed by atoms with Crippen molar-refractivity contribution in [1.29, 1.82) is 0 Å². The summed E-state index contributed by atoms with van der Waals surface area (Å²) in [6, 6.07) is 9.21. The number of carbonyl (C=O) groups is 3. The summed E-state index contributed by atoms with van der Waals surface area (Å²) in [5.74, 6) is -2.20. The van der Waals surface area contributed by atoms with E-state index in [2.05, 4.69) is 0 Å². The molecule has 0 radical (unpaired) electrons. The zero-order valence-electron chi connectivity index (χ0n) is 17.7. The van der Waals surface area contributed by atoms with E-state index in [1.165, 1.54) is 4.40 Å². The van der Waals surface area contributed by atoms with Crippen LogP contribution in [0.1, 0.15) is 65.8 Å². The molecule has 0 aliphatic carbocycles. The second kappa shape index (κ2) is 8.57. The maximum Gasteiger partial charge on any atom is 0.356 e. The van der Waals surface area contributed by atoms with Crippen molar-refractivity contribution >= 4 is 34.2 Å². The van der Waals surface area contributed by atoms with Crippen molar-refractivity contribution in [2.45, 2.75) is 46.8 Å². The first-order valence-corrected chi connectivity index (χ1v) is 9.91. The fraction of sp³-hybridized carbons (Fsp3) is 0.348. The predicted molar refractivity (Wildman–Crippen MR) is 112 cm³/mol. The van der Waals surface area contributed by atoms with Crippen LogP contribution in [0.25, 0.3) is 16.3 Å². The fourth-order valence-electron chi connectivity index (χ4n) is 3.36. The van der Waals surface area contributed by atoms with E-state index in [4.69, 9.17) is 14.2 Å². The highest BCUT2D eigenvalue weighted by Gasteiger charge is 2.35. The smallest absolute Gasteiger partial charge is 0.356 e. The summed E-state index contributed by atoms with van der Waals surface area (Å²) in [6.07, 6.45) is 0.783. The van der Waals surface area contributed by atoms with Crippen LogP contribution >= 0.6 is 0 Å². The lowest BCUT2D eigenvalue weighted by atomic mass is 10.1. The van der Waals surface area contributed by atoms with Gasteiger partial charge >= 0.3 is 17.9 Å². The van der Waals surface area contributed by atoms with Gasteiger partial charge in [-0.1, -0.05) is 24.3 Å². The SMILES string of the molecule is CCOC(=O)c1c(C(=O)OC(C)C)c(C(=O)OC(C)C)c2c3ccccc3ccn12. The Morgan fingerprint density at radius 3 is 2.07 bits per heavy atom. The summed E-state index contributed by atoms with van der Waals surface area (Å²) in [5.41, 5.74) is 0.190. The number of hydrogen-bond acceptors (Lipinski definition) is 6. The molecule has 0 unspecified atom stereocenters. The van der Waals surface area contributed by atoms with E-state index in [1.807, 2.05) is 24.3 Å². The topological polar surface area (TPSA) is 83.3 Å². The van der Waals surface area contributed by atoms with Gasteiger partial charge in [0, 0.05) is 11.6 Å². The second-order valence-electron chi connectivity index (χ2n) is 7.35. The van der Waals surface area contributed by atoms with Crippen LogP contribution in [0, 0.1) is 0 Å². The highest BCUT2D eigenvalue weighted by Crippen LogP contribution is 2.32. The molecule has 0 spiro atoms. The largest absolute Gasteiger partial charge is 0.461 e. The third-order valence-electron chi connectivity index (χ3n) is 4.39. The molecule has 0 aliphatic heterocycles. The molecule has 2 aromatic heterocycles. The Balaban J connectivity index is 2.47. The van der Waals surface area contributed by atoms with E-state index in [9.17, 15) is 14.4 Å². The summed E-state index contributed by atoms with van der Waals surface area (Å²) in [7, 11) is 0. The lowest BCUT2D eigenvalue weighted by Gasteiger charge is -2.12. The van der Waals surface area contributed by atoms with Gasteiger partial charge in [-0.25, -0.2) is 14.4 Å². The molecular formula is C23H25NO6. The zero-order valence-corrected chi connectivity index (χ0v) is 17.7. The molecule has 2 heterocycles. The molecule has 3 rings (SSSR count). The average molecular weight is 411 g/mol. The van der Waals surface area contributed by atoms with Crippen LogP contribution in [-0.4, -0.2) is 41.1 Å². The summed E-state index contributed by atoms with van der Waals surface area (Å²) in [4.78, 5) is 39.0. The molecule has 0 bridgehead atoms. The number of carbonyl (C=O) groups excluding carboxylic acids is 3. The molecule has 3 aromatic rings. The molecule has 1 aromatic carbocycles. The first-order valence-electron chi connectivity index (χ1n) is 9.91. The van der Waals surface area contributed by atoms with Crippen LogP contribution in [0.5, 0.6) is 0 Å². The summed E-state index contributed by atoms with van der Waals surface area (Å²) >= 11 is 0. The number of esters is 3. The molecule has 158 valence electrons. The van der Waals surface area contributed by atoms with E-state index in [0.29, 0.717) is 10.9 Å². The van der Waals surface area contributed by atoms with Crippen LogP contribution < -0.4 is 0 Å². The van der Waals surface area contributed by atoms with Crippen molar-refractivity contribution < 1.29 is 28.6 Å². The van der Waals surface area contributed by atoms with E-state index in [-0.39, 0.29) is 23.4 Å². The molecule has 30 heavy (non-hydrogen) atoms. The minimum atomic E-state index is -0.781. The quantitative estimate of drug-likeness (QED) is 0.442. The van der Waals surface area contributed by atoms with Gasteiger partial charge in [-0.3, -0.25) is 0 Å². The highest BCUT2D eigenvalue weighted by molar-refractivity contribution is 6.18. The second-order valence-corrected chi connectivity index (χ2v) is 7.35. The molecular weight excluding hydrogens is 386 g/mol. The summed E-state index contributed by atoms with van der Waals surface area (Å²) < 4.78 is 17.5. The minimum absolute atomic E-state index is 0.00537. The van der Waals surface area contributed by atoms with Crippen molar-refractivity contribution in [3.63, 3.8) is 0 Å². The van der Waals surface area contributed by atoms with Crippen LogP contribution in [0.15, 0.2) is 36.5 Å². The molecule has 0 aliphatic rings. The number of hydrogen-bond donors (Lipinski definition) is 0. The average Bonchev–Trinajstić information content (AvgIpc) is 3.03. The fourth-order valence-corrected chi connectivity index (χ4v) is 3.36. The number of rotatable bonds is 6. The lowest BCUT2D eigenvalue weighted by molar-refractivity contribution is 0.0325. The molecule has 0 saturated carbocycles. The first-order chi connectivity index (χ1) is 14.3. The number of benzene rings is 1.